The molecule has 0 atom stereocenters. The molecule has 1 fully saturated rings. The van der Waals surface area contributed by atoms with Gasteiger partial charge in [0.15, 0.2) is 0 Å². The molecule has 32 heavy (non-hydrogen) atoms. The van der Waals surface area contributed by atoms with Crippen LogP contribution in [0.25, 0.3) is 5.78 Å². The van der Waals surface area contributed by atoms with Crippen LogP contribution < -0.4 is 9.80 Å². The van der Waals surface area contributed by atoms with Gasteiger partial charge in [0.1, 0.15) is 35.7 Å². The van der Waals surface area contributed by atoms with Gasteiger partial charge in [-0.2, -0.15) is 25.1 Å². The molecule has 5 rings (SSSR count). The summed E-state index contributed by atoms with van der Waals surface area (Å²) in [7, 11) is 0. The lowest BCUT2D eigenvalue weighted by molar-refractivity contribution is 0.602. The molecule has 1 aliphatic carbocycles. The first-order valence-electron chi connectivity index (χ1n) is 11.2. The number of nitriles is 2. The quantitative estimate of drug-likeness (QED) is 0.614. The third-order valence-electron chi connectivity index (χ3n) is 6.44. The van der Waals surface area contributed by atoms with Crippen LogP contribution in [-0.4, -0.2) is 50.7 Å². The van der Waals surface area contributed by atoms with E-state index in [1.807, 2.05) is 13.0 Å². The zero-order valence-electron chi connectivity index (χ0n) is 18.3. The Morgan fingerprint density at radius 1 is 0.875 bits per heavy atom. The Morgan fingerprint density at radius 2 is 1.59 bits per heavy atom. The summed E-state index contributed by atoms with van der Waals surface area (Å²) < 4.78 is 1.76. The number of pyridine rings is 1. The number of aromatic nitrogens is 5. The number of hydrogen-bond acceptors (Lipinski definition) is 8. The third kappa shape index (κ3) is 3.50. The molecule has 2 aliphatic rings. The van der Waals surface area contributed by atoms with Crippen molar-refractivity contribution in [3.8, 4) is 12.1 Å². The lowest BCUT2D eigenvalue weighted by Crippen LogP contribution is -2.48. The average Bonchev–Trinajstić information content (AvgIpc) is 3.26. The van der Waals surface area contributed by atoms with E-state index >= 15 is 0 Å². The van der Waals surface area contributed by atoms with Crippen LogP contribution in [0.4, 0.5) is 11.6 Å². The highest BCUT2D eigenvalue weighted by atomic mass is 15.4. The van der Waals surface area contributed by atoms with Crippen LogP contribution in [-0.2, 0) is 12.8 Å². The molecule has 0 N–H and O–H groups in total. The molecule has 0 spiro atoms. The lowest BCUT2D eigenvalue weighted by atomic mass is 9.91. The van der Waals surface area contributed by atoms with Crippen molar-refractivity contribution in [3.05, 3.63) is 40.5 Å². The van der Waals surface area contributed by atoms with E-state index in [4.69, 9.17) is 4.98 Å². The van der Waals surface area contributed by atoms with Crippen molar-refractivity contribution in [1.82, 2.24) is 24.6 Å². The molecular weight excluding hydrogens is 402 g/mol. The summed E-state index contributed by atoms with van der Waals surface area (Å²) in [5, 5.41) is 24.2. The van der Waals surface area contributed by atoms with Gasteiger partial charge in [-0.05, 0) is 38.2 Å². The van der Waals surface area contributed by atoms with Crippen LogP contribution in [0.15, 0.2) is 12.4 Å². The summed E-state index contributed by atoms with van der Waals surface area (Å²) in [6, 6.07) is 6.66. The number of hydrogen-bond donors (Lipinski definition) is 0. The number of fused-ring (bicyclic) bond motifs is 2. The lowest BCUT2D eigenvalue weighted by Gasteiger charge is -2.37. The summed E-state index contributed by atoms with van der Waals surface area (Å²) in [5.74, 6) is 2.23. The topological polar surface area (TPSA) is 110 Å². The van der Waals surface area contributed by atoms with E-state index in [-0.39, 0.29) is 0 Å². The third-order valence-corrected chi connectivity index (χ3v) is 6.44. The van der Waals surface area contributed by atoms with Gasteiger partial charge in [0.2, 0.25) is 0 Å². The second-order valence-corrected chi connectivity index (χ2v) is 8.45. The molecule has 9 heteroatoms. The highest BCUT2D eigenvalue weighted by Gasteiger charge is 2.27. The predicted molar refractivity (Wildman–Crippen MR) is 119 cm³/mol. The maximum Gasteiger partial charge on any atom is 0.254 e. The fourth-order valence-electron chi connectivity index (χ4n) is 4.82. The summed E-state index contributed by atoms with van der Waals surface area (Å²) in [6.45, 7) is 4.89. The van der Waals surface area contributed by atoms with Crippen molar-refractivity contribution in [3.63, 3.8) is 0 Å². The largest absolute Gasteiger partial charge is 0.353 e. The van der Waals surface area contributed by atoms with Crippen molar-refractivity contribution >= 4 is 17.4 Å². The van der Waals surface area contributed by atoms with Gasteiger partial charge in [-0.25, -0.2) is 9.97 Å². The summed E-state index contributed by atoms with van der Waals surface area (Å²) in [5.41, 5.74) is 3.86. The van der Waals surface area contributed by atoms with Gasteiger partial charge in [-0.15, -0.1) is 0 Å². The molecule has 0 bridgehead atoms. The van der Waals surface area contributed by atoms with Crippen molar-refractivity contribution in [2.75, 3.05) is 36.0 Å². The van der Waals surface area contributed by atoms with Crippen LogP contribution in [0.1, 0.15) is 53.8 Å². The van der Waals surface area contributed by atoms with E-state index < -0.39 is 0 Å². The van der Waals surface area contributed by atoms with Gasteiger partial charge < -0.3 is 9.80 Å². The monoisotopic (exact) mass is 427 g/mol. The molecule has 4 heterocycles. The van der Waals surface area contributed by atoms with E-state index in [1.165, 1.54) is 19.2 Å². The Hall–Kier alpha value is -3.72. The Kier molecular flexibility index (Phi) is 5.32. The maximum atomic E-state index is 9.94. The molecule has 3 aromatic rings. The molecule has 0 radical (unpaired) electrons. The van der Waals surface area contributed by atoms with Crippen molar-refractivity contribution < 1.29 is 0 Å². The smallest absolute Gasteiger partial charge is 0.254 e. The summed E-state index contributed by atoms with van der Waals surface area (Å²) in [4.78, 5) is 18.0. The minimum absolute atomic E-state index is 0.429. The zero-order chi connectivity index (χ0) is 22.1. The molecular formula is C23H25N9. The molecule has 0 saturated carbocycles. The highest BCUT2D eigenvalue weighted by molar-refractivity contribution is 5.65. The van der Waals surface area contributed by atoms with E-state index in [1.54, 1.807) is 4.52 Å². The predicted octanol–water partition coefficient (Wildman–Crippen LogP) is 2.56. The van der Waals surface area contributed by atoms with E-state index in [0.717, 1.165) is 61.5 Å². The van der Waals surface area contributed by atoms with Crippen molar-refractivity contribution in [2.45, 2.75) is 45.4 Å². The van der Waals surface area contributed by atoms with Crippen LogP contribution in [0.3, 0.4) is 0 Å². The Balaban J connectivity index is 1.45. The molecule has 1 aliphatic heterocycles. The second kappa shape index (κ2) is 8.43. The van der Waals surface area contributed by atoms with Gasteiger partial charge in [0.25, 0.3) is 5.78 Å². The zero-order valence-corrected chi connectivity index (χ0v) is 18.3. The molecule has 9 nitrogen and oxygen atoms in total. The molecule has 1 saturated heterocycles. The molecule has 0 aromatic carbocycles. The van der Waals surface area contributed by atoms with Gasteiger partial charge in [0, 0.05) is 43.6 Å². The van der Waals surface area contributed by atoms with Crippen LogP contribution in [0.2, 0.25) is 0 Å². The number of aryl methyl sites for hydroxylation is 2. The Morgan fingerprint density at radius 3 is 2.34 bits per heavy atom. The SMILES string of the molecule is Cc1cc(N2CCN(c3nc4c(c(C#N)c3C#N)CCCCCC4)CC2)n2ncnc2n1. The Labute approximate surface area is 186 Å². The van der Waals surface area contributed by atoms with Crippen LogP contribution in [0, 0.1) is 29.6 Å². The van der Waals surface area contributed by atoms with Gasteiger partial charge in [0.05, 0.1) is 5.56 Å². The van der Waals surface area contributed by atoms with E-state index in [0.29, 0.717) is 35.8 Å². The fraction of sp³-hybridized carbons (Fsp3) is 0.478. The number of nitrogens with zero attached hydrogens (tertiary/aromatic N) is 9. The molecule has 162 valence electrons. The van der Waals surface area contributed by atoms with Crippen LogP contribution in [0.5, 0.6) is 0 Å². The molecule has 3 aromatic heterocycles. The highest BCUT2D eigenvalue weighted by Crippen LogP contribution is 2.31. The first kappa shape index (κ1) is 20.2. The van der Waals surface area contributed by atoms with Crippen molar-refractivity contribution in [1.29, 1.82) is 10.5 Å². The number of piperazine rings is 1. The first-order chi connectivity index (χ1) is 15.7. The standard InChI is InChI=1S/C23H25N9/c1-16-12-21(32-23(28-16)26-15-27-32)30-8-10-31(11-9-30)22-19(14-25)18(13-24)17-6-4-2-3-5-7-20(17)29-22/h12,15H,2-11H2,1H3. The summed E-state index contributed by atoms with van der Waals surface area (Å²) in [6.07, 6.45) is 7.73. The van der Waals surface area contributed by atoms with Gasteiger partial charge >= 0.3 is 0 Å². The first-order valence-corrected chi connectivity index (χ1v) is 11.2. The number of rotatable bonds is 2. The minimum atomic E-state index is 0.429. The molecule has 0 unspecified atom stereocenters. The van der Waals surface area contributed by atoms with E-state index in [9.17, 15) is 10.5 Å². The molecule has 0 amide bonds. The maximum absolute atomic E-state index is 9.94. The normalized spacial score (nSPS) is 16.7. The Bertz CT molecular complexity index is 1240. The van der Waals surface area contributed by atoms with Gasteiger partial charge in [-0.1, -0.05) is 12.8 Å². The van der Waals surface area contributed by atoms with Crippen molar-refractivity contribution in [2.24, 2.45) is 0 Å². The minimum Gasteiger partial charge on any atom is -0.353 e. The van der Waals surface area contributed by atoms with E-state index in [2.05, 4.69) is 37.0 Å². The van der Waals surface area contributed by atoms with Crippen LogP contribution >= 0.6 is 0 Å². The van der Waals surface area contributed by atoms with Gasteiger partial charge in [-0.3, -0.25) is 0 Å². The number of anilines is 2. The average molecular weight is 428 g/mol. The second-order valence-electron chi connectivity index (χ2n) is 8.45. The fourth-order valence-corrected chi connectivity index (χ4v) is 4.82. The summed E-state index contributed by atoms with van der Waals surface area (Å²) >= 11 is 0.